The Labute approximate surface area is 108 Å². The molecule has 1 unspecified atom stereocenters. The predicted octanol–water partition coefficient (Wildman–Crippen LogP) is 1.88. The number of hydrogen-bond acceptors (Lipinski definition) is 4. The van der Waals surface area contributed by atoms with E-state index in [4.69, 9.17) is 5.11 Å². The standard InChI is InChI=1S/C14H22N2O2/c1-11(18)13-7-2-8-15-14(13)16-9-3-5-12(16)6-4-10-17/h2,7-8,11-12,17-18H,3-6,9-10H2,1H3/t11-,12?/m1/s1. The Morgan fingerprint density at radius 3 is 3.11 bits per heavy atom. The summed E-state index contributed by atoms with van der Waals surface area (Å²) in [7, 11) is 0. The van der Waals surface area contributed by atoms with Gasteiger partial charge in [0.05, 0.1) is 6.10 Å². The first-order valence-corrected chi connectivity index (χ1v) is 6.74. The van der Waals surface area contributed by atoms with Crippen molar-refractivity contribution in [3.63, 3.8) is 0 Å². The van der Waals surface area contributed by atoms with Crippen LogP contribution in [0.25, 0.3) is 0 Å². The maximum absolute atomic E-state index is 9.82. The highest BCUT2D eigenvalue weighted by Crippen LogP contribution is 2.31. The highest BCUT2D eigenvalue weighted by Gasteiger charge is 2.27. The van der Waals surface area contributed by atoms with Crippen molar-refractivity contribution >= 4 is 5.82 Å². The SMILES string of the molecule is C[C@@H](O)c1cccnc1N1CCCC1CCCO. The van der Waals surface area contributed by atoms with Gasteiger partial charge in [0.25, 0.3) is 0 Å². The van der Waals surface area contributed by atoms with Gasteiger partial charge in [-0.05, 0) is 38.7 Å². The molecule has 0 amide bonds. The molecule has 0 radical (unpaired) electrons. The first-order valence-electron chi connectivity index (χ1n) is 6.74. The fourth-order valence-electron chi connectivity index (χ4n) is 2.72. The van der Waals surface area contributed by atoms with Gasteiger partial charge in [-0.3, -0.25) is 0 Å². The highest BCUT2D eigenvalue weighted by molar-refractivity contribution is 5.49. The topological polar surface area (TPSA) is 56.6 Å². The summed E-state index contributed by atoms with van der Waals surface area (Å²) in [6.45, 7) is 3.02. The fraction of sp³-hybridized carbons (Fsp3) is 0.643. The molecule has 18 heavy (non-hydrogen) atoms. The van der Waals surface area contributed by atoms with Crippen LogP contribution in [0, 0.1) is 0 Å². The van der Waals surface area contributed by atoms with E-state index in [1.807, 2.05) is 12.1 Å². The predicted molar refractivity (Wildman–Crippen MR) is 71.6 cm³/mol. The lowest BCUT2D eigenvalue weighted by Crippen LogP contribution is -2.31. The molecule has 1 aliphatic rings. The van der Waals surface area contributed by atoms with Crippen LogP contribution in [-0.2, 0) is 0 Å². The Balaban J connectivity index is 2.19. The van der Waals surface area contributed by atoms with Crippen LogP contribution in [0.4, 0.5) is 5.82 Å². The van der Waals surface area contributed by atoms with E-state index in [0.717, 1.165) is 43.6 Å². The van der Waals surface area contributed by atoms with Gasteiger partial charge in [-0.2, -0.15) is 0 Å². The second kappa shape index (κ2) is 6.16. The van der Waals surface area contributed by atoms with Crippen molar-refractivity contribution in [2.75, 3.05) is 18.1 Å². The normalized spacial score (nSPS) is 21.3. The van der Waals surface area contributed by atoms with Gasteiger partial charge < -0.3 is 15.1 Å². The van der Waals surface area contributed by atoms with Gasteiger partial charge in [0.15, 0.2) is 0 Å². The van der Waals surface area contributed by atoms with Crippen molar-refractivity contribution in [2.45, 2.75) is 44.8 Å². The van der Waals surface area contributed by atoms with Crippen LogP contribution in [0.2, 0.25) is 0 Å². The van der Waals surface area contributed by atoms with E-state index in [0.29, 0.717) is 6.04 Å². The monoisotopic (exact) mass is 250 g/mol. The lowest BCUT2D eigenvalue weighted by Gasteiger charge is -2.28. The van der Waals surface area contributed by atoms with Crippen molar-refractivity contribution in [1.82, 2.24) is 4.98 Å². The van der Waals surface area contributed by atoms with E-state index in [9.17, 15) is 5.11 Å². The third-order valence-electron chi connectivity index (χ3n) is 3.61. The van der Waals surface area contributed by atoms with Gasteiger partial charge in [-0.25, -0.2) is 4.98 Å². The Kier molecular flexibility index (Phi) is 4.55. The van der Waals surface area contributed by atoms with Gasteiger partial charge in [0.1, 0.15) is 5.82 Å². The van der Waals surface area contributed by atoms with Crippen LogP contribution in [0.1, 0.15) is 44.3 Å². The molecule has 0 bridgehead atoms. The van der Waals surface area contributed by atoms with E-state index in [1.165, 1.54) is 0 Å². The molecule has 1 fully saturated rings. The number of hydrogen-bond donors (Lipinski definition) is 2. The molecule has 1 aliphatic heterocycles. The maximum Gasteiger partial charge on any atom is 0.134 e. The van der Waals surface area contributed by atoms with E-state index >= 15 is 0 Å². The second-order valence-electron chi connectivity index (χ2n) is 4.95. The van der Waals surface area contributed by atoms with Crippen LogP contribution < -0.4 is 4.90 Å². The summed E-state index contributed by atoms with van der Waals surface area (Å²) in [5.74, 6) is 0.910. The van der Waals surface area contributed by atoms with Gasteiger partial charge in [-0.15, -0.1) is 0 Å². The summed E-state index contributed by atoms with van der Waals surface area (Å²) < 4.78 is 0. The largest absolute Gasteiger partial charge is 0.396 e. The number of pyridine rings is 1. The van der Waals surface area contributed by atoms with Crippen LogP contribution in [-0.4, -0.2) is 34.4 Å². The molecule has 4 heteroatoms. The smallest absolute Gasteiger partial charge is 0.134 e. The number of aliphatic hydroxyl groups is 2. The lowest BCUT2D eigenvalue weighted by molar-refractivity contribution is 0.199. The van der Waals surface area contributed by atoms with E-state index in [2.05, 4.69) is 9.88 Å². The summed E-state index contributed by atoms with van der Waals surface area (Å²) in [5, 5.41) is 18.8. The highest BCUT2D eigenvalue weighted by atomic mass is 16.3. The molecule has 2 atom stereocenters. The zero-order valence-electron chi connectivity index (χ0n) is 10.9. The number of anilines is 1. The number of aromatic nitrogens is 1. The summed E-state index contributed by atoms with van der Waals surface area (Å²) in [6.07, 6.45) is 5.42. The molecular formula is C14H22N2O2. The molecule has 1 saturated heterocycles. The lowest BCUT2D eigenvalue weighted by atomic mass is 10.1. The van der Waals surface area contributed by atoms with Crippen LogP contribution in [0.15, 0.2) is 18.3 Å². The summed E-state index contributed by atoms with van der Waals surface area (Å²) >= 11 is 0. The number of nitrogens with zero attached hydrogens (tertiary/aromatic N) is 2. The first-order chi connectivity index (χ1) is 8.74. The van der Waals surface area contributed by atoms with Crippen molar-refractivity contribution in [1.29, 1.82) is 0 Å². The summed E-state index contributed by atoms with van der Waals surface area (Å²) in [5.41, 5.74) is 0.897. The minimum absolute atomic E-state index is 0.246. The van der Waals surface area contributed by atoms with Crippen molar-refractivity contribution in [3.05, 3.63) is 23.9 Å². The average molecular weight is 250 g/mol. The fourth-order valence-corrected chi connectivity index (χ4v) is 2.72. The van der Waals surface area contributed by atoms with Crippen molar-refractivity contribution in [2.24, 2.45) is 0 Å². The minimum Gasteiger partial charge on any atom is -0.396 e. The number of rotatable bonds is 5. The van der Waals surface area contributed by atoms with Gasteiger partial charge in [0.2, 0.25) is 0 Å². The molecule has 1 aromatic heterocycles. The third-order valence-corrected chi connectivity index (χ3v) is 3.61. The Morgan fingerprint density at radius 2 is 2.39 bits per heavy atom. The summed E-state index contributed by atoms with van der Waals surface area (Å²) in [6, 6.07) is 4.25. The molecule has 100 valence electrons. The van der Waals surface area contributed by atoms with E-state index in [-0.39, 0.29) is 6.61 Å². The molecule has 2 N–H and O–H groups in total. The van der Waals surface area contributed by atoms with Gasteiger partial charge >= 0.3 is 0 Å². The third kappa shape index (κ3) is 2.82. The van der Waals surface area contributed by atoms with Gasteiger partial charge in [0, 0.05) is 31.0 Å². The van der Waals surface area contributed by atoms with E-state index in [1.54, 1.807) is 13.1 Å². The Bertz CT molecular complexity index is 382. The van der Waals surface area contributed by atoms with Crippen molar-refractivity contribution in [3.8, 4) is 0 Å². The molecule has 0 spiro atoms. The zero-order chi connectivity index (χ0) is 13.0. The zero-order valence-corrected chi connectivity index (χ0v) is 10.9. The first kappa shape index (κ1) is 13.3. The molecular weight excluding hydrogens is 228 g/mol. The van der Waals surface area contributed by atoms with Gasteiger partial charge in [-0.1, -0.05) is 6.07 Å². The molecule has 0 saturated carbocycles. The summed E-state index contributed by atoms with van der Waals surface area (Å²) in [4.78, 5) is 6.73. The molecule has 2 heterocycles. The van der Waals surface area contributed by atoms with Crippen LogP contribution >= 0.6 is 0 Å². The molecule has 4 nitrogen and oxygen atoms in total. The average Bonchev–Trinajstić information content (AvgIpc) is 2.84. The van der Waals surface area contributed by atoms with Crippen LogP contribution in [0.3, 0.4) is 0 Å². The Morgan fingerprint density at radius 1 is 1.56 bits per heavy atom. The molecule has 0 aliphatic carbocycles. The quantitative estimate of drug-likeness (QED) is 0.837. The molecule has 1 aromatic rings. The van der Waals surface area contributed by atoms with Crippen LogP contribution in [0.5, 0.6) is 0 Å². The molecule has 0 aromatic carbocycles. The minimum atomic E-state index is -0.493. The van der Waals surface area contributed by atoms with E-state index < -0.39 is 6.10 Å². The van der Waals surface area contributed by atoms with Crippen molar-refractivity contribution < 1.29 is 10.2 Å². The molecule has 2 rings (SSSR count). The number of aliphatic hydroxyl groups excluding tert-OH is 2. The maximum atomic E-state index is 9.82. The second-order valence-corrected chi connectivity index (χ2v) is 4.95. The Hall–Kier alpha value is -1.13.